The van der Waals surface area contributed by atoms with Crippen molar-refractivity contribution >= 4 is 11.3 Å². The first-order chi connectivity index (χ1) is 10.1. The lowest BCUT2D eigenvalue weighted by atomic mass is 9.75. The molecule has 0 saturated carbocycles. The van der Waals surface area contributed by atoms with Crippen LogP contribution in [0.15, 0.2) is 47.2 Å². The predicted molar refractivity (Wildman–Crippen MR) is 94.2 cm³/mol. The summed E-state index contributed by atoms with van der Waals surface area (Å²) >= 11 is 1.79. The average molecular weight is 301 g/mol. The molecule has 1 atom stereocenters. The molecule has 0 fully saturated rings. The molecule has 1 heterocycles. The Morgan fingerprint density at radius 2 is 1.90 bits per heavy atom. The molecule has 114 valence electrons. The SMILES string of the molecule is CCCNC(CCc1ccsc1)C(C)(C)c1ccccc1. The van der Waals surface area contributed by atoms with Crippen LogP contribution in [0.25, 0.3) is 0 Å². The normalized spacial score (nSPS) is 13.3. The maximum Gasteiger partial charge on any atom is 0.0162 e. The van der Waals surface area contributed by atoms with Crippen molar-refractivity contribution in [1.82, 2.24) is 5.32 Å². The van der Waals surface area contributed by atoms with Crippen molar-refractivity contribution < 1.29 is 0 Å². The van der Waals surface area contributed by atoms with Gasteiger partial charge in [0, 0.05) is 11.5 Å². The highest BCUT2D eigenvalue weighted by Crippen LogP contribution is 2.29. The number of hydrogen-bond donors (Lipinski definition) is 1. The molecule has 1 unspecified atom stereocenters. The Morgan fingerprint density at radius 3 is 2.52 bits per heavy atom. The smallest absolute Gasteiger partial charge is 0.0162 e. The lowest BCUT2D eigenvalue weighted by molar-refractivity contribution is 0.323. The van der Waals surface area contributed by atoms with E-state index in [1.165, 1.54) is 24.0 Å². The highest BCUT2D eigenvalue weighted by molar-refractivity contribution is 7.07. The van der Waals surface area contributed by atoms with Gasteiger partial charge in [-0.1, -0.05) is 51.1 Å². The topological polar surface area (TPSA) is 12.0 Å². The fraction of sp³-hybridized carbons (Fsp3) is 0.474. The molecular formula is C19H27NS. The van der Waals surface area contributed by atoms with Crippen LogP contribution in [-0.2, 0) is 11.8 Å². The Labute approximate surface area is 133 Å². The van der Waals surface area contributed by atoms with E-state index in [1.807, 2.05) is 0 Å². The highest BCUT2D eigenvalue weighted by Gasteiger charge is 2.30. The molecule has 2 heteroatoms. The van der Waals surface area contributed by atoms with E-state index in [4.69, 9.17) is 0 Å². The monoisotopic (exact) mass is 301 g/mol. The zero-order chi connectivity index (χ0) is 15.1. The zero-order valence-corrected chi connectivity index (χ0v) is 14.2. The van der Waals surface area contributed by atoms with Crippen molar-refractivity contribution in [2.75, 3.05) is 6.54 Å². The Balaban J connectivity index is 2.10. The summed E-state index contributed by atoms with van der Waals surface area (Å²) in [4.78, 5) is 0. The van der Waals surface area contributed by atoms with Gasteiger partial charge in [-0.05, 0) is 53.8 Å². The van der Waals surface area contributed by atoms with Crippen LogP contribution in [0.3, 0.4) is 0 Å². The molecule has 1 N–H and O–H groups in total. The number of hydrogen-bond acceptors (Lipinski definition) is 2. The van der Waals surface area contributed by atoms with Crippen molar-refractivity contribution in [3.63, 3.8) is 0 Å². The molecule has 1 aromatic carbocycles. The Bertz CT molecular complexity index is 502. The van der Waals surface area contributed by atoms with Crippen LogP contribution in [0.1, 0.15) is 44.7 Å². The van der Waals surface area contributed by atoms with Crippen LogP contribution in [0.5, 0.6) is 0 Å². The van der Waals surface area contributed by atoms with Gasteiger partial charge in [-0.2, -0.15) is 11.3 Å². The molecular weight excluding hydrogens is 274 g/mol. The molecule has 0 aliphatic rings. The number of benzene rings is 1. The predicted octanol–water partition coefficient (Wildman–Crippen LogP) is 5.03. The zero-order valence-electron chi connectivity index (χ0n) is 13.4. The molecule has 0 aliphatic carbocycles. The van der Waals surface area contributed by atoms with E-state index in [0.29, 0.717) is 6.04 Å². The Morgan fingerprint density at radius 1 is 1.14 bits per heavy atom. The third kappa shape index (κ3) is 4.42. The van der Waals surface area contributed by atoms with E-state index in [-0.39, 0.29) is 5.41 Å². The quantitative estimate of drug-likeness (QED) is 0.721. The second-order valence-corrected chi connectivity index (χ2v) is 7.04. The van der Waals surface area contributed by atoms with Gasteiger partial charge >= 0.3 is 0 Å². The summed E-state index contributed by atoms with van der Waals surface area (Å²) in [6, 6.07) is 13.6. The molecule has 2 aromatic rings. The van der Waals surface area contributed by atoms with E-state index in [0.717, 1.165) is 13.0 Å². The molecule has 0 radical (unpaired) electrons. The first kappa shape index (κ1) is 16.3. The van der Waals surface area contributed by atoms with Crippen LogP contribution in [-0.4, -0.2) is 12.6 Å². The van der Waals surface area contributed by atoms with E-state index < -0.39 is 0 Å². The third-order valence-corrected chi connectivity index (χ3v) is 5.06. The van der Waals surface area contributed by atoms with E-state index in [9.17, 15) is 0 Å². The molecule has 0 amide bonds. The maximum absolute atomic E-state index is 3.77. The number of thiophene rings is 1. The summed E-state index contributed by atoms with van der Waals surface area (Å²) < 4.78 is 0. The van der Waals surface area contributed by atoms with Gasteiger partial charge in [0.25, 0.3) is 0 Å². The van der Waals surface area contributed by atoms with Crippen molar-refractivity contribution in [1.29, 1.82) is 0 Å². The van der Waals surface area contributed by atoms with Gasteiger partial charge < -0.3 is 5.32 Å². The van der Waals surface area contributed by atoms with Gasteiger partial charge in [-0.15, -0.1) is 0 Å². The minimum atomic E-state index is 0.145. The van der Waals surface area contributed by atoms with Crippen LogP contribution < -0.4 is 5.32 Å². The molecule has 0 saturated heterocycles. The molecule has 21 heavy (non-hydrogen) atoms. The van der Waals surface area contributed by atoms with Crippen molar-refractivity contribution in [2.45, 2.75) is 51.5 Å². The number of nitrogens with one attached hydrogen (secondary N) is 1. The third-order valence-electron chi connectivity index (χ3n) is 4.33. The van der Waals surface area contributed by atoms with Gasteiger partial charge in [0.2, 0.25) is 0 Å². The van der Waals surface area contributed by atoms with Gasteiger partial charge in [0.1, 0.15) is 0 Å². The lowest BCUT2D eigenvalue weighted by Gasteiger charge is -2.36. The molecule has 1 nitrogen and oxygen atoms in total. The summed E-state index contributed by atoms with van der Waals surface area (Å²) in [7, 11) is 0. The molecule has 0 spiro atoms. The minimum absolute atomic E-state index is 0.145. The largest absolute Gasteiger partial charge is 0.313 e. The van der Waals surface area contributed by atoms with E-state index >= 15 is 0 Å². The van der Waals surface area contributed by atoms with Gasteiger partial charge in [0.15, 0.2) is 0 Å². The molecule has 0 aliphatic heterocycles. The first-order valence-electron chi connectivity index (χ1n) is 7.94. The minimum Gasteiger partial charge on any atom is -0.313 e. The number of aryl methyl sites for hydroxylation is 1. The van der Waals surface area contributed by atoms with Crippen LogP contribution in [0.2, 0.25) is 0 Å². The van der Waals surface area contributed by atoms with Crippen molar-refractivity contribution in [3.05, 3.63) is 58.3 Å². The van der Waals surface area contributed by atoms with Crippen molar-refractivity contribution in [2.24, 2.45) is 0 Å². The Kier molecular flexibility index (Phi) is 6.01. The highest BCUT2D eigenvalue weighted by atomic mass is 32.1. The fourth-order valence-electron chi connectivity index (χ4n) is 2.85. The molecule has 1 aromatic heterocycles. The lowest BCUT2D eigenvalue weighted by Crippen LogP contribution is -2.45. The van der Waals surface area contributed by atoms with Gasteiger partial charge in [0.05, 0.1) is 0 Å². The van der Waals surface area contributed by atoms with E-state index in [1.54, 1.807) is 11.3 Å². The standard InChI is InChI=1S/C19H27NS/c1-4-13-20-18(11-10-16-12-14-21-15-16)19(2,3)17-8-6-5-7-9-17/h5-9,12,14-15,18,20H,4,10-11,13H2,1-3H3. The number of rotatable bonds is 8. The van der Waals surface area contributed by atoms with Gasteiger partial charge in [-0.25, -0.2) is 0 Å². The van der Waals surface area contributed by atoms with Crippen LogP contribution in [0.4, 0.5) is 0 Å². The summed E-state index contributed by atoms with van der Waals surface area (Å²) in [5, 5.41) is 8.22. The van der Waals surface area contributed by atoms with Crippen LogP contribution >= 0.6 is 11.3 Å². The maximum atomic E-state index is 3.77. The van der Waals surface area contributed by atoms with E-state index in [2.05, 4.69) is 73.2 Å². The Hall–Kier alpha value is -1.12. The first-order valence-corrected chi connectivity index (χ1v) is 8.89. The molecule has 2 rings (SSSR count). The second-order valence-electron chi connectivity index (χ2n) is 6.26. The summed E-state index contributed by atoms with van der Waals surface area (Å²) in [5.41, 5.74) is 3.03. The summed E-state index contributed by atoms with van der Waals surface area (Å²) in [6.45, 7) is 8.05. The fourth-order valence-corrected chi connectivity index (χ4v) is 3.55. The second kappa shape index (κ2) is 7.77. The molecule has 0 bridgehead atoms. The summed E-state index contributed by atoms with van der Waals surface area (Å²) in [6.07, 6.45) is 3.51. The van der Waals surface area contributed by atoms with Gasteiger partial charge in [-0.3, -0.25) is 0 Å². The van der Waals surface area contributed by atoms with Crippen LogP contribution in [0, 0.1) is 0 Å². The summed E-state index contributed by atoms with van der Waals surface area (Å²) in [5.74, 6) is 0. The van der Waals surface area contributed by atoms with Crippen molar-refractivity contribution in [3.8, 4) is 0 Å². The average Bonchev–Trinajstić information content (AvgIpc) is 3.01.